The van der Waals surface area contributed by atoms with Crippen molar-refractivity contribution in [3.63, 3.8) is 0 Å². The highest BCUT2D eigenvalue weighted by molar-refractivity contribution is 5.61. The summed E-state index contributed by atoms with van der Waals surface area (Å²) < 4.78 is 0. The van der Waals surface area contributed by atoms with Crippen molar-refractivity contribution in [1.82, 2.24) is 0 Å². The molecule has 0 radical (unpaired) electrons. The number of benzene rings is 1. The highest BCUT2D eigenvalue weighted by Crippen LogP contribution is 2.35. The summed E-state index contributed by atoms with van der Waals surface area (Å²) in [5.41, 5.74) is -1.61. The van der Waals surface area contributed by atoms with Crippen molar-refractivity contribution in [1.29, 1.82) is 0 Å². The number of hydrogen-bond donors (Lipinski definition) is 1. The van der Waals surface area contributed by atoms with Crippen molar-refractivity contribution in [2.75, 3.05) is 0 Å². The Hall–Kier alpha value is -2.22. The third-order valence-corrected chi connectivity index (χ3v) is 1.46. The Labute approximate surface area is 76.6 Å². The molecule has 1 aromatic carbocycles. The Bertz CT molecular complexity index is 390. The molecule has 0 heterocycles. The topological polar surface area (TPSA) is 116 Å². The van der Waals surface area contributed by atoms with E-state index in [9.17, 15) is 20.2 Å². The van der Waals surface area contributed by atoms with Crippen LogP contribution in [-0.2, 0) is 0 Å². The largest absolute Gasteiger partial charge is 0.391 e. The minimum absolute atomic E-state index is 0.566. The second-order valence-corrected chi connectivity index (χ2v) is 2.23. The molecule has 8 heteroatoms. The summed E-state index contributed by atoms with van der Waals surface area (Å²) in [5.74, 6) is -0.566. The van der Waals surface area contributed by atoms with Crippen molar-refractivity contribution < 1.29 is 20.0 Å². The van der Waals surface area contributed by atoms with Gasteiger partial charge in [-0.2, -0.15) is 0 Å². The van der Waals surface area contributed by atoms with Crippen LogP contribution in [0.15, 0.2) is 18.2 Å². The van der Waals surface area contributed by atoms with Crippen LogP contribution in [0.2, 0.25) is 0 Å². The lowest BCUT2D eigenvalue weighted by atomic mass is 10.2. The molecule has 8 nitrogen and oxygen atoms in total. The number of nitrogens with zero attached hydrogens (tertiary/aromatic N) is 2. The zero-order valence-corrected chi connectivity index (χ0v) is 6.61. The summed E-state index contributed by atoms with van der Waals surface area (Å²) in [6.45, 7) is 0. The van der Waals surface area contributed by atoms with Crippen molar-refractivity contribution in [2.45, 2.75) is 0 Å². The van der Waals surface area contributed by atoms with Gasteiger partial charge < -0.3 is 4.89 Å². The molecule has 0 amide bonds. The molecule has 0 aliphatic rings. The number of rotatable bonds is 3. The van der Waals surface area contributed by atoms with Crippen molar-refractivity contribution in [3.8, 4) is 5.75 Å². The number of nitro benzene ring substituents is 2. The van der Waals surface area contributed by atoms with Gasteiger partial charge in [-0.3, -0.25) is 20.2 Å². The summed E-state index contributed by atoms with van der Waals surface area (Å²) in [7, 11) is 0. The zero-order chi connectivity index (χ0) is 10.7. The fraction of sp³-hybridized carbons (Fsp3) is 0. The van der Waals surface area contributed by atoms with Crippen LogP contribution in [0.4, 0.5) is 11.4 Å². The van der Waals surface area contributed by atoms with Gasteiger partial charge in [0.2, 0.25) is 5.75 Å². The van der Waals surface area contributed by atoms with Gasteiger partial charge in [-0.15, -0.1) is 0 Å². The molecular formula is C6H4N2O6. The van der Waals surface area contributed by atoms with Crippen LogP contribution in [0.3, 0.4) is 0 Å². The van der Waals surface area contributed by atoms with E-state index in [4.69, 9.17) is 5.26 Å². The SMILES string of the molecule is O=[N+]([O-])c1cccc(OO)c1[N+](=O)[O-]. The number of hydrogen-bond acceptors (Lipinski definition) is 6. The van der Waals surface area contributed by atoms with Crippen LogP contribution < -0.4 is 4.89 Å². The van der Waals surface area contributed by atoms with Gasteiger partial charge in [-0.1, -0.05) is 6.07 Å². The Morgan fingerprint density at radius 1 is 1.21 bits per heavy atom. The van der Waals surface area contributed by atoms with Gasteiger partial charge >= 0.3 is 11.4 Å². The molecule has 74 valence electrons. The minimum atomic E-state index is -0.996. The molecule has 0 aliphatic carbocycles. The molecule has 0 saturated heterocycles. The fourth-order valence-electron chi connectivity index (χ4n) is 0.915. The summed E-state index contributed by atoms with van der Waals surface area (Å²) >= 11 is 0. The molecular weight excluding hydrogens is 196 g/mol. The van der Waals surface area contributed by atoms with Crippen molar-refractivity contribution in [2.24, 2.45) is 0 Å². The van der Waals surface area contributed by atoms with Gasteiger partial charge in [0, 0.05) is 6.07 Å². The molecule has 1 aromatic rings. The maximum atomic E-state index is 10.4. The highest BCUT2D eigenvalue weighted by Gasteiger charge is 2.29. The molecule has 0 fully saturated rings. The van der Waals surface area contributed by atoms with E-state index in [0.717, 1.165) is 18.2 Å². The van der Waals surface area contributed by atoms with E-state index >= 15 is 0 Å². The first-order chi connectivity index (χ1) is 6.57. The summed E-state index contributed by atoms with van der Waals surface area (Å²) in [6, 6.07) is 3.16. The van der Waals surface area contributed by atoms with Crippen molar-refractivity contribution >= 4 is 11.4 Å². The van der Waals surface area contributed by atoms with E-state index in [1.54, 1.807) is 0 Å². The molecule has 0 aliphatic heterocycles. The molecule has 0 aromatic heterocycles. The molecule has 1 N–H and O–H groups in total. The van der Waals surface area contributed by atoms with E-state index in [-0.39, 0.29) is 0 Å². The summed E-state index contributed by atoms with van der Waals surface area (Å²) in [6.07, 6.45) is 0. The first-order valence-corrected chi connectivity index (χ1v) is 3.31. The van der Waals surface area contributed by atoms with Crippen LogP contribution >= 0.6 is 0 Å². The first-order valence-electron chi connectivity index (χ1n) is 3.31. The van der Waals surface area contributed by atoms with Crippen LogP contribution in [0.5, 0.6) is 5.75 Å². The van der Waals surface area contributed by atoms with Gasteiger partial charge in [0.25, 0.3) is 0 Å². The maximum absolute atomic E-state index is 10.4. The quantitative estimate of drug-likeness (QED) is 0.447. The van der Waals surface area contributed by atoms with Gasteiger partial charge in [-0.25, -0.2) is 5.26 Å². The van der Waals surface area contributed by atoms with Crippen LogP contribution in [0.25, 0.3) is 0 Å². The van der Waals surface area contributed by atoms with Crippen molar-refractivity contribution in [3.05, 3.63) is 38.4 Å². The molecule has 0 saturated carbocycles. The van der Waals surface area contributed by atoms with Gasteiger partial charge in [0.15, 0.2) is 0 Å². The predicted molar refractivity (Wildman–Crippen MR) is 43.0 cm³/mol. The van der Waals surface area contributed by atoms with E-state index in [0.29, 0.717) is 0 Å². The maximum Gasteiger partial charge on any atom is 0.391 e. The normalized spacial score (nSPS) is 9.50. The predicted octanol–water partition coefficient (Wildman–Crippen LogP) is 1.35. The molecule has 0 bridgehead atoms. The molecule has 0 atom stereocenters. The Kier molecular flexibility index (Phi) is 2.58. The zero-order valence-electron chi connectivity index (χ0n) is 6.61. The van der Waals surface area contributed by atoms with Gasteiger partial charge in [-0.05, 0) is 6.07 Å². The lowest BCUT2D eigenvalue weighted by Crippen LogP contribution is -1.99. The average Bonchev–Trinajstić information content (AvgIpc) is 2.16. The standard InChI is InChI=1S/C6H4N2O6/c9-7(10)4-2-1-3-5(14-13)6(4)8(11)12/h1-3,13H. The molecule has 14 heavy (non-hydrogen) atoms. The molecule has 0 unspecified atom stereocenters. The van der Waals surface area contributed by atoms with E-state index in [2.05, 4.69) is 4.89 Å². The van der Waals surface area contributed by atoms with Crippen LogP contribution in [0.1, 0.15) is 0 Å². The lowest BCUT2D eigenvalue weighted by molar-refractivity contribution is -0.424. The van der Waals surface area contributed by atoms with Crippen LogP contribution in [-0.4, -0.2) is 15.1 Å². The Balaban J connectivity index is 3.43. The summed E-state index contributed by atoms with van der Waals surface area (Å²) in [4.78, 5) is 22.5. The Morgan fingerprint density at radius 3 is 2.29 bits per heavy atom. The monoisotopic (exact) mass is 200 g/mol. The van der Waals surface area contributed by atoms with E-state index in [1.165, 1.54) is 0 Å². The third-order valence-electron chi connectivity index (χ3n) is 1.46. The third kappa shape index (κ3) is 1.59. The lowest BCUT2D eigenvalue weighted by Gasteiger charge is -1.98. The first kappa shape index (κ1) is 9.86. The minimum Gasteiger partial charge on any atom is -0.333 e. The van der Waals surface area contributed by atoms with Gasteiger partial charge in [0.1, 0.15) is 0 Å². The smallest absolute Gasteiger partial charge is 0.333 e. The fourth-order valence-corrected chi connectivity index (χ4v) is 0.915. The second kappa shape index (κ2) is 3.66. The second-order valence-electron chi connectivity index (χ2n) is 2.23. The highest BCUT2D eigenvalue weighted by atomic mass is 17.1. The van der Waals surface area contributed by atoms with Crippen LogP contribution in [0, 0.1) is 20.2 Å². The Morgan fingerprint density at radius 2 is 1.86 bits per heavy atom. The molecule has 1 rings (SSSR count). The molecule has 0 spiro atoms. The average molecular weight is 200 g/mol. The number of para-hydroxylation sites is 1. The summed E-state index contributed by atoms with van der Waals surface area (Å²) in [5, 5.41) is 29.0. The van der Waals surface area contributed by atoms with E-state index < -0.39 is 27.0 Å². The van der Waals surface area contributed by atoms with E-state index in [1.807, 2.05) is 0 Å². The van der Waals surface area contributed by atoms with Gasteiger partial charge in [0.05, 0.1) is 9.85 Å². The number of nitro groups is 2.